The van der Waals surface area contributed by atoms with Gasteiger partial charge < -0.3 is 15.7 Å². The molecule has 1 unspecified atom stereocenters. The van der Waals surface area contributed by atoms with Gasteiger partial charge in [-0.2, -0.15) is 0 Å². The van der Waals surface area contributed by atoms with Crippen LogP contribution in [0.5, 0.6) is 0 Å². The van der Waals surface area contributed by atoms with Crippen LogP contribution in [0.1, 0.15) is 13.8 Å². The zero-order valence-corrected chi connectivity index (χ0v) is 11.6. The van der Waals surface area contributed by atoms with E-state index in [1.54, 1.807) is 38.1 Å². The van der Waals surface area contributed by atoms with Crippen LogP contribution in [0.4, 0.5) is 10.5 Å². The zero-order chi connectivity index (χ0) is 14.4. The standard InChI is InChI=1S/C13H17ClN2O3/c1-8(2)11(12(17)18)7-15-13(19)16-10-5-3-9(14)4-6-10/h3-6,8,11H,7H2,1-2H3,(H,17,18)(H2,15,16,19). The van der Waals surface area contributed by atoms with Gasteiger partial charge in [0.2, 0.25) is 0 Å². The van der Waals surface area contributed by atoms with E-state index in [0.717, 1.165) is 0 Å². The molecule has 5 nitrogen and oxygen atoms in total. The number of amides is 2. The van der Waals surface area contributed by atoms with Gasteiger partial charge >= 0.3 is 12.0 Å². The van der Waals surface area contributed by atoms with Crippen LogP contribution in [-0.4, -0.2) is 23.7 Å². The van der Waals surface area contributed by atoms with E-state index in [9.17, 15) is 9.59 Å². The first-order chi connectivity index (χ1) is 8.90. The maximum absolute atomic E-state index is 11.6. The van der Waals surface area contributed by atoms with Crippen molar-refractivity contribution in [2.24, 2.45) is 11.8 Å². The molecule has 0 saturated heterocycles. The Morgan fingerprint density at radius 3 is 2.32 bits per heavy atom. The third kappa shape index (κ3) is 5.18. The summed E-state index contributed by atoms with van der Waals surface area (Å²) in [7, 11) is 0. The number of carbonyl (C=O) groups is 2. The lowest BCUT2D eigenvalue weighted by molar-refractivity contribution is -0.142. The summed E-state index contributed by atoms with van der Waals surface area (Å²) in [5, 5.41) is 14.7. The molecule has 3 N–H and O–H groups in total. The number of urea groups is 1. The van der Waals surface area contributed by atoms with Crippen molar-refractivity contribution in [1.29, 1.82) is 0 Å². The van der Waals surface area contributed by atoms with Gasteiger partial charge in [-0.1, -0.05) is 25.4 Å². The molecule has 0 aromatic heterocycles. The molecule has 104 valence electrons. The summed E-state index contributed by atoms with van der Waals surface area (Å²) in [4.78, 5) is 22.6. The number of carboxylic acid groups (broad SMARTS) is 1. The van der Waals surface area contributed by atoms with Crippen molar-refractivity contribution in [2.45, 2.75) is 13.8 Å². The highest BCUT2D eigenvalue weighted by Crippen LogP contribution is 2.13. The number of nitrogens with one attached hydrogen (secondary N) is 2. The number of aliphatic carboxylic acids is 1. The normalized spacial score (nSPS) is 12.0. The fourth-order valence-electron chi connectivity index (χ4n) is 1.52. The molecule has 1 aromatic carbocycles. The van der Waals surface area contributed by atoms with Gasteiger partial charge in [-0.25, -0.2) is 4.79 Å². The molecular formula is C13H17ClN2O3. The molecule has 0 radical (unpaired) electrons. The maximum atomic E-state index is 11.6. The van der Waals surface area contributed by atoms with Crippen molar-refractivity contribution in [3.8, 4) is 0 Å². The van der Waals surface area contributed by atoms with Gasteiger partial charge in [0.25, 0.3) is 0 Å². The number of carbonyl (C=O) groups excluding carboxylic acids is 1. The second-order valence-corrected chi connectivity index (χ2v) is 4.97. The predicted octanol–water partition coefficient (Wildman–Crippen LogP) is 2.82. The molecule has 0 bridgehead atoms. The summed E-state index contributed by atoms with van der Waals surface area (Å²) in [5.74, 6) is -1.56. The quantitative estimate of drug-likeness (QED) is 0.778. The maximum Gasteiger partial charge on any atom is 0.319 e. The second kappa shape index (κ2) is 6.99. The van der Waals surface area contributed by atoms with Gasteiger partial charge in [0.1, 0.15) is 0 Å². The molecular weight excluding hydrogens is 268 g/mol. The lowest BCUT2D eigenvalue weighted by Gasteiger charge is -2.17. The third-order valence-electron chi connectivity index (χ3n) is 2.71. The first-order valence-corrected chi connectivity index (χ1v) is 6.31. The SMILES string of the molecule is CC(C)C(CNC(=O)Nc1ccc(Cl)cc1)C(=O)O. The first kappa shape index (κ1) is 15.3. The van der Waals surface area contributed by atoms with Crippen LogP contribution in [0, 0.1) is 11.8 Å². The number of hydrogen-bond donors (Lipinski definition) is 3. The average molecular weight is 285 g/mol. The summed E-state index contributed by atoms with van der Waals surface area (Å²) in [6, 6.07) is 6.21. The molecule has 1 atom stereocenters. The van der Waals surface area contributed by atoms with E-state index >= 15 is 0 Å². The number of halogens is 1. The molecule has 0 fully saturated rings. The molecule has 1 rings (SSSR count). The van der Waals surface area contributed by atoms with E-state index in [2.05, 4.69) is 10.6 Å². The van der Waals surface area contributed by atoms with E-state index in [1.807, 2.05) is 0 Å². The summed E-state index contributed by atoms with van der Waals surface area (Å²) in [5.41, 5.74) is 0.596. The van der Waals surface area contributed by atoms with Crippen LogP contribution in [-0.2, 0) is 4.79 Å². The highest BCUT2D eigenvalue weighted by atomic mass is 35.5. The van der Waals surface area contributed by atoms with E-state index in [4.69, 9.17) is 16.7 Å². The molecule has 0 aliphatic heterocycles. The Morgan fingerprint density at radius 1 is 1.26 bits per heavy atom. The first-order valence-electron chi connectivity index (χ1n) is 5.93. The monoisotopic (exact) mass is 284 g/mol. The van der Waals surface area contributed by atoms with Crippen LogP contribution < -0.4 is 10.6 Å². The summed E-state index contributed by atoms with van der Waals surface area (Å²) in [6.45, 7) is 3.70. The number of carboxylic acids is 1. The van der Waals surface area contributed by atoms with Gasteiger partial charge in [0, 0.05) is 17.3 Å². The minimum absolute atomic E-state index is 0.0478. The van der Waals surface area contributed by atoms with Crippen LogP contribution in [0.2, 0.25) is 5.02 Å². The zero-order valence-electron chi connectivity index (χ0n) is 10.8. The molecule has 2 amide bonds. The number of hydrogen-bond acceptors (Lipinski definition) is 2. The van der Waals surface area contributed by atoms with Gasteiger partial charge in [-0.3, -0.25) is 4.79 Å². The average Bonchev–Trinajstić information content (AvgIpc) is 2.31. The van der Waals surface area contributed by atoms with Crippen LogP contribution >= 0.6 is 11.6 Å². The van der Waals surface area contributed by atoms with Crippen molar-refractivity contribution in [2.75, 3.05) is 11.9 Å². The summed E-state index contributed by atoms with van der Waals surface area (Å²) >= 11 is 5.73. The van der Waals surface area contributed by atoms with Gasteiger partial charge in [-0.05, 0) is 30.2 Å². The third-order valence-corrected chi connectivity index (χ3v) is 2.96. The lowest BCUT2D eigenvalue weighted by Crippen LogP contribution is -2.37. The van der Waals surface area contributed by atoms with Crippen molar-refractivity contribution >= 4 is 29.3 Å². The van der Waals surface area contributed by atoms with E-state index in [-0.39, 0.29) is 12.5 Å². The van der Waals surface area contributed by atoms with Gasteiger partial charge in [0.15, 0.2) is 0 Å². The van der Waals surface area contributed by atoms with E-state index < -0.39 is 17.9 Å². The van der Waals surface area contributed by atoms with Gasteiger partial charge in [0.05, 0.1) is 5.92 Å². The number of rotatable bonds is 5. The van der Waals surface area contributed by atoms with Crippen LogP contribution in [0.25, 0.3) is 0 Å². The molecule has 0 heterocycles. The highest BCUT2D eigenvalue weighted by Gasteiger charge is 2.21. The molecule has 6 heteroatoms. The van der Waals surface area contributed by atoms with Gasteiger partial charge in [-0.15, -0.1) is 0 Å². The van der Waals surface area contributed by atoms with Crippen molar-refractivity contribution < 1.29 is 14.7 Å². The Bertz CT molecular complexity index is 446. The highest BCUT2D eigenvalue weighted by molar-refractivity contribution is 6.30. The molecule has 0 saturated carbocycles. The fourth-order valence-corrected chi connectivity index (χ4v) is 1.65. The Morgan fingerprint density at radius 2 is 1.84 bits per heavy atom. The lowest BCUT2D eigenvalue weighted by atomic mass is 9.96. The number of benzene rings is 1. The minimum Gasteiger partial charge on any atom is -0.481 e. The minimum atomic E-state index is -0.915. The number of anilines is 1. The van der Waals surface area contributed by atoms with Crippen molar-refractivity contribution in [3.63, 3.8) is 0 Å². The Kier molecular flexibility index (Phi) is 5.63. The Labute approximate surface area is 117 Å². The topological polar surface area (TPSA) is 78.4 Å². The smallest absolute Gasteiger partial charge is 0.319 e. The van der Waals surface area contributed by atoms with Crippen LogP contribution in [0.3, 0.4) is 0 Å². The molecule has 0 aliphatic carbocycles. The van der Waals surface area contributed by atoms with Crippen molar-refractivity contribution in [1.82, 2.24) is 5.32 Å². The molecule has 19 heavy (non-hydrogen) atoms. The van der Waals surface area contributed by atoms with E-state index in [0.29, 0.717) is 10.7 Å². The largest absolute Gasteiger partial charge is 0.481 e. The molecule has 0 aliphatic rings. The van der Waals surface area contributed by atoms with Crippen molar-refractivity contribution in [3.05, 3.63) is 29.3 Å². The predicted molar refractivity (Wildman–Crippen MR) is 74.4 cm³/mol. The van der Waals surface area contributed by atoms with E-state index in [1.165, 1.54) is 0 Å². The fraction of sp³-hybridized carbons (Fsp3) is 0.385. The Balaban J connectivity index is 2.47. The molecule has 0 spiro atoms. The Hall–Kier alpha value is -1.75. The second-order valence-electron chi connectivity index (χ2n) is 4.53. The molecule has 1 aromatic rings. The summed E-state index contributed by atoms with van der Waals surface area (Å²) in [6.07, 6.45) is 0. The summed E-state index contributed by atoms with van der Waals surface area (Å²) < 4.78 is 0. The van der Waals surface area contributed by atoms with Crippen LogP contribution in [0.15, 0.2) is 24.3 Å².